The quantitative estimate of drug-likeness (QED) is 0.664. The monoisotopic (exact) mass is 448 g/mol. The molecule has 2 saturated carbocycles. The molecule has 0 aromatic carbocycles. The molecular formula is C22H29FN4O3S. The summed E-state index contributed by atoms with van der Waals surface area (Å²) < 4.78 is 46.5. The van der Waals surface area contributed by atoms with Gasteiger partial charge in [0, 0.05) is 42.8 Å². The van der Waals surface area contributed by atoms with E-state index in [0.29, 0.717) is 24.3 Å². The SMILES string of the molecule is C[C@H]1CN(c2c(F)c(S(=O)(=O)NC3(C)CC3)cn3c(C(=O)C4CC4)ccc23)C[C@H](C)N1. The molecule has 0 bridgehead atoms. The fourth-order valence-corrected chi connectivity index (χ4v) is 6.15. The summed E-state index contributed by atoms with van der Waals surface area (Å²) >= 11 is 0. The van der Waals surface area contributed by atoms with Gasteiger partial charge in [0.25, 0.3) is 0 Å². The molecule has 0 spiro atoms. The van der Waals surface area contributed by atoms with E-state index >= 15 is 4.39 Å². The number of anilines is 1. The minimum atomic E-state index is -4.09. The van der Waals surface area contributed by atoms with Crippen LogP contribution in [0.25, 0.3) is 5.52 Å². The number of pyridine rings is 1. The van der Waals surface area contributed by atoms with Gasteiger partial charge in [0.2, 0.25) is 10.0 Å². The zero-order valence-corrected chi connectivity index (χ0v) is 18.9. The number of carbonyl (C=O) groups is 1. The second-order valence-corrected chi connectivity index (χ2v) is 11.5. The molecule has 9 heteroatoms. The van der Waals surface area contributed by atoms with Crippen LogP contribution >= 0.6 is 0 Å². The number of carbonyl (C=O) groups excluding carboxylic acids is 1. The first-order chi connectivity index (χ1) is 14.6. The number of sulfonamides is 1. The number of nitrogens with one attached hydrogen (secondary N) is 2. The van der Waals surface area contributed by atoms with E-state index in [1.165, 1.54) is 6.20 Å². The van der Waals surface area contributed by atoms with Crippen molar-refractivity contribution >= 4 is 27.0 Å². The molecule has 168 valence electrons. The third-order valence-corrected chi connectivity index (χ3v) is 8.20. The second-order valence-electron chi connectivity index (χ2n) is 9.81. The maximum atomic E-state index is 15.9. The summed E-state index contributed by atoms with van der Waals surface area (Å²) in [5, 5.41) is 3.42. The zero-order valence-electron chi connectivity index (χ0n) is 18.1. The van der Waals surface area contributed by atoms with Gasteiger partial charge in [0.05, 0.1) is 16.9 Å². The molecular weight excluding hydrogens is 419 g/mol. The van der Waals surface area contributed by atoms with Crippen LogP contribution in [0.4, 0.5) is 10.1 Å². The van der Waals surface area contributed by atoms with Crippen molar-refractivity contribution in [3.63, 3.8) is 0 Å². The Bertz CT molecular complexity index is 1160. The second kappa shape index (κ2) is 7.02. The lowest BCUT2D eigenvalue weighted by Gasteiger charge is -2.38. The average Bonchev–Trinajstić information content (AvgIpc) is 3.59. The first-order valence-electron chi connectivity index (χ1n) is 11.0. The predicted molar refractivity (Wildman–Crippen MR) is 117 cm³/mol. The Morgan fingerprint density at radius 3 is 2.42 bits per heavy atom. The normalized spacial score (nSPS) is 25.7. The Morgan fingerprint density at radius 2 is 1.84 bits per heavy atom. The molecule has 5 rings (SSSR count). The van der Waals surface area contributed by atoms with Crippen molar-refractivity contribution in [1.82, 2.24) is 14.4 Å². The maximum Gasteiger partial charge on any atom is 0.245 e. The molecule has 1 saturated heterocycles. The van der Waals surface area contributed by atoms with Gasteiger partial charge < -0.3 is 14.6 Å². The number of aromatic nitrogens is 1. The van der Waals surface area contributed by atoms with Gasteiger partial charge in [-0.15, -0.1) is 0 Å². The maximum absolute atomic E-state index is 15.9. The van der Waals surface area contributed by atoms with Gasteiger partial charge in [-0.1, -0.05) is 0 Å². The third kappa shape index (κ3) is 3.76. The molecule has 2 aromatic heterocycles. The fraction of sp³-hybridized carbons (Fsp3) is 0.591. The minimum Gasteiger partial charge on any atom is -0.364 e. The summed E-state index contributed by atoms with van der Waals surface area (Å²) in [5.41, 5.74) is 0.671. The van der Waals surface area contributed by atoms with E-state index < -0.39 is 26.3 Å². The molecule has 2 aromatic rings. The van der Waals surface area contributed by atoms with Gasteiger partial charge in [-0.05, 0) is 58.6 Å². The van der Waals surface area contributed by atoms with Crippen molar-refractivity contribution in [2.24, 2.45) is 5.92 Å². The number of fused-ring (bicyclic) bond motifs is 1. The summed E-state index contributed by atoms with van der Waals surface area (Å²) in [6.07, 6.45) is 4.43. The Hall–Kier alpha value is -1.97. The summed E-state index contributed by atoms with van der Waals surface area (Å²) in [7, 11) is -4.09. The first-order valence-corrected chi connectivity index (χ1v) is 12.5. The fourth-order valence-electron chi connectivity index (χ4n) is 4.61. The van der Waals surface area contributed by atoms with Crippen LogP contribution in [0, 0.1) is 11.7 Å². The first kappa shape index (κ1) is 20.9. The number of hydrogen-bond acceptors (Lipinski definition) is 5. The molecule has 2 aliphatic carbocycles. The molecule has 7 nitrogen and oxygen atoms in total. The van der Waals surface area contributed by atoms with Gasteiger partial charge in [-0.2, -0.15) is 0 Å². The van der Waals surface area contributed by atoms with Gasteiger partial charge in [0.1, 0.15) is 4.90 Å². The number of piperazine rings is 1. The van der Waals surface area contributed by atoms with E-state index in [9.17, 15) is 13.2 Å². The summed E-state index contributed by atoms with van der Waals surface area (Å²) in [6, 6.07) is 3.67. The number of halogens is 1. The summed E-state index contributed by atoms with van der Waals surface area (Å²) in [5.74, 6) is -0.784. The van der Waals surface area contributed by atoms with Crippen LogP contribution in [0.3, 0.4) is 0 Å². The Morgan fingerprint density at radius 1 is 1.19 bits per heavy atom. The van der Waals surface area contributed by atoms with Crippen molar-refractivity contribution < 1.29 is 17.6 Å². The van der Waals surface area contributed by atoms with E-state index in [2.05, 4.69) is 10.0 Å². The number of ketones is 1. The van der Waals surface area contributed by atoms with Gasteiger partial charge >= 0.3 is 0 Å². The lowest BCUT2D eigenvalue weighted by molar-refractivity contribution is 0.0962. The van der Waals surface area contributed by atoms with Crippen LogP contribution in [-0.2, 0) is 10.0 Å². The minimum absolute atomic E-state index is 0.00920. The Labute approximate surface area is 182 Å². The van der Waals surface area contributed by atoms with E-state index in [1.54, 1.807) is 16.5 Å². The van der Waals surface area contributed by atoms with E-state index in [4.69, 9.17) is 0 Å². The largest absolute Gasteiger partial charge is 0.364 e. The Balaban J connectivity index is 1.70. The van der Waals surface area contributed by atoms with Crippen molar-refractivity contribution in [2.45, 2.75) is 69.0 Å². The molecule has 2 atom stereocenters. The van der Waals surface area contributed by atoms with E-state index in [0.717, 1.165) is 25.7 Å². The molecule has 3 heterocycles. The van der Waals surface area contributed by atoms with Crippen molar-refractivity contribution in [2.75, 3.05) is 18.0 Å². The number of hydrogen-bond donors (Lipinski definition) is 2. The van der Waals surface area contributed by atoms with Crippen LogP contribution in [0.1, 0.15) is 56.9 Å². The highest BCUT2D eigenvalue weighted by atomic mass is 32.2. The lowest BCUT2D eigenvalue weighted by Crippen LogP contribution is -2.54. The molecule has 31 heavy (non-hydrogen) atoms. The van der Waals surface area contributed by atoms with Crippen LogP contribution in [0.5, 0.6) is 0 Å². The lowest BCUT2D eigenvalue weighted by atomic mass is 10.1. The van der Waals surface area contributed by atoms with Crippen LogP contribution in [0.2, 0.25) is 0 Å². The molecule has 0 amide bonds. The van der Waals surface area contributed by atoms with Gasteiger partial charge in [-0.25, -0.2) is 17.5 Å². The van der Waals surface area contributed by atoms with Crippen molar-refractivity contribution in [3.05, 3.63) is 29.8 Å². The topological polar surface area (TPSA) is 82.9 Å². The average molecular weight is 449 g/mol. The summed E-state index contributed by atoms with van der Waals surface area (Å²) in [4.78, 5) is 14.4. The van der Waals surface area contributed by atoms with Crippen molar-refractivity contribution in [3.8, 4) is 0 Å². The Kier molecular flexibility index (Phi) is 4.73. The number of nitrogens with zero attached hydrogens (tertiary/aromatic N) is 2. The van der Waals surface area contributed by atoms with Crippen LogP contribution < -0.4 is 14.9 Å². The molecule has 0 radical (unpaired) electrons. The molecule has 3 aliphatic rings. The van der Waals surface area contributed by atoms with Crippen LogP contribution in [-0.4, -0.2) is 49.3 Å². The highest BCUT2D eigenvalue weighted by Crippen LogP contribution is 2.39. The standard InChI is InChI=1S/C22H29FN4O3S/c1-13-10-26(11-14(2)24-13)20-16-6-7-17(21(28)15-4-5-15)27(16)12-18(19(20)23)31(29,30)25-22(3)8-9-22/h6-7,12-15,24-25H,4-5,8-11H2,1-3H3/t13-,14-/m0/s1. The highest BCUT2D eigenvalue weighted by Gasteiger charge is 2.43. The molecule has 3 fully saturated rings. The smallest absolute Gasteiger partial charge is 0.245 e. The third-order valence-electron chi connectivity index (χ3n) is 6.58. The van der Waals surface area contributed by atoms with Crippen LogP contribution in [0.15, 0.2) is 23.2 Å². The number of rotatable bonds is 6. The van der Waals surface area contributed by atoms with Gasteiger partial charge in [0.15, 0.2) is 11.6 Å². The highest BCUT2D eigenvalue weighted by molar-refractivity contribution is 7.89. The van der Waals surface area contributed by atoms with Crippen molar-refractivity contribution in [1.29, 1.82) is 0 Å². The molecule has 0 unspecified atom stereocenters. The van der Waals surface area contributed by atoms with E-state index in [1.807, 2.05) is 25.7 Å². The molecule has 1 aliphatic heterocycles. The number of Topliss-reactive ketones (excluding diaryl/α,β-unsaturated/α-hetero) is 1. The summed E-state index contributed by atoms with van der Waals surface area (Å²) in [6.45, 7) is 6.95. The predicted octanol–water partition coefficient (Wildman–Crippen LogP) is 2.69. The zero-order chi connectivity index (χ0) is 22.1. The van der Waals surface area contributed by atoms with E-state index in [-0.39, 0.29) is 29.5 Å². The molecule has 2 N–H and O–H groups in total. The van der Waals surface area contributed by atoms with Gasteiger partial charge in [-0.3, -0.25) is 4.79 Å².